The number of pyridine rings is 1. The van der Waals surface area contributed by atoms with E-state index >= 15 is 0 Å². The van der Waals surface area contributed by atoms with Crippen LogP contribution in [-0.4, -0.2) is 48.0 Å². The number of likely N-dealkylation sites (N-methyl/N-ethyl adjacent to an activating group) is 1. The predicted octanol–water partition coefficient (Wildman–Crippen LogP) is 0.645. The first-order chi connectivity index (χ1) is 9.20. The number of amides is 1. The number of hydrogen-bond donors (Lipinski definition) is 2. The second kappa shape index (κ2) is 6.84. The maximum Gasteiger partial charge on any atom is 0.238 e. The number of halogens is 1. The Bertz CT molecular complexity index is 423. The van der Waals surface area contributed by atoms with Crippen LogP contribution in [0.4, 0.5) is 0 Å². The maximum atomic E-state index is 12.0. The largest absolute Gasteiger partial charge is 0.355 e. The first-order valence-corrected chi connectivity index (χ1v) is 6.91. The van der Waals surface area contributed by atoms with Gasteiger partial charge < -0.3 is 10.6 Å². The molecule has 0 saturated carbocycles. The average Bonchev–Trinajstić information content (AvgIpc) is 2.42. The molecule has 0 bridgehead atoms. The summed E-state index contributed by atoms with van der Waals surface area (Å²) in [6, 6.07) is 3.61. The van der Waals surface area contributed by atoms with E-state index in [2.05, 4.69) is 20.5 Å². The van der Waals surface area contributed by atoms with E-state index in [1.807, 2.05) is 13.0 Å². The molecule has 1 aliphatic rings. The SMILES string of the molecule is CCNC(=O)C1CNCCN1Cc1ccc(Cl)nc1. The van der Waals surface area contributed by atoms with Crippen LogP contribution >= 0.6 is 11.6 Å². The van der Waals surface area contributed by atoms with Gasteiger partial charge in [0.25, 0.3) is 0 Å². The molecule has 5 nitrogen and oxygen atoms in total. The van der Waals surface area contributed by atoms with Crippen molar-refractivity contribution < 1.29 is 4.79 Å². The number of carbonyl (C=O) groups excluding carboxylic acids is 1. The van der Waals surface area contributed by atoms with Gasteiger partial charge in [0.2, 0.25) is 5.91 Å². The summed E-state index contributed by atoms with van der Waals surface area (Å²) in [7, 11) is 0. The molecule has 1 amide bonds. The molecule has 0 spiro atoms. The number of piperazine rings is 1. The summed E-state index contributed by atoms with van der Waals surface area (Å²) in [4.78, 5) is 18.3. The Labute approximate surface area is 118 Å². The van der Waals surface area contributed by atoms with Crippen LogP contribution in [0.15, 0.2) is 18.3 Å². The molecule has 104 valence electrons. The highest BCUT2D eigenvalue weighted by Crippen LogP contribution is 2.12. The van der Waals surface area contributed by atoms with Crippen molar-refractivity contribution in [1.82, 2.24) is 20.5 Å². The summed E-state index contributed by atoms with van der Waals surface area (Å²) < 4.78 is 0. The second-order valence-corrected chi connectivity index (χ2v) is 4.96. The van der Waals surface area contributed by atoms with Gasteiger partial charge in [-0.3, -0.25) is 9.69 Å². The van der Waals surface area contributed by atoms with Gasteiger partial charge in [0.1, 0.15) is 11.2 Å². The first-order valence-electron chi connectivity index (χ1n) is 6.53. The highest BCUT2D eigenvalue weighted by molar-refractivity contribution is 6.29. The third kappa shape index (κ3) is 3.89. The molecule has 1 atom stereocenters. The minimum atomic E-state index is -0.121. The molecule has 2 rings (SSSR count). The maximum absolute atomic E-state index is 12.0. The summed E-state index contributed by atoms with van der Waals surface area (Å²) in [6.07, 6.45) is 1.76. The molecule has 1 aromatic heterocycles. The van der Waals surface area contributed by atoms with Crippen LogP contribution in [0.5, 0.6) is 0 Å². The molecule has 0 radical (unpaired) electrons. The summed E-state index contributed by atoms with van der Waals surface area (Å²) in [5.41, 5.74) is 1.07. The Kier molecular flexibility index (Phi) is 5.13. The van der Waals surface area contributed by atoms with Crippen molar-refractivity contribution in [1.29, 1.82) is 0 Å². The van der Waals surface area contributed by atoms with Crippen molar-refractivity contribution in [2.45, 2.75) is 19.5 Å². The van der Waals surface area contributed by atoms with Gasteiger partial charge >= 0.3 is 0 Å². The molecular weight excluding hydrogens is 264 g/mol. The van der Waals surface area contributed by atoms with Crippen LogP contribution in [-0.2, 0) is 11.3 Å². The van der Waals surface area contributed by atoms with Crippen LogP contribution in [0.3, 0.4) is 0 Å². The van der Waals surface area contributed by atoms with Crippen molar-refractivity contribution in [2.24, 2.45) is 0 Å². The Morgan fingerprint density at radius 2 is 2.47 bits per heavy atom. The highest BCUT2D eigenvalue weighted by Gasteiger charge is 2.28. The lowest BCUT2D eigenvalue weighted by atomic mass is 10.1. The lowest BCUT2D eigenvalue weighted by Gasteiger charge is -2.35. The van der Waals surface area contributed by atoms with Gasteiger partial charge in [-0.05, 0) is 18.6 Å². The molecule has 1 aliphatic heterocycles. The van der Waals surface area contributed by atoms with Crippen LogP contribution in [0.2, 0.25) is 5.15 Å². The zero-order valence-electron chi connectivity index (χ0n) is 11.0. The van der Waals surface area contributed by atoms with Gasteiger partial charge in [-0.25, -0.2) is 4.98 Å². The molecule has 1 aromatic rings. The van der Waals surface area contributed by atoms with Gasteiger partial charge in [-0.1, -0.05) is 17.7 Å². The Morgan fingerprint density at radius 1 is 1.63 bits per heavy atom. The van der Waals surface area contributed by atoms with Crippen molar-refractivity contribution in [2.75, 3.05) is 26.2 Å². The van der Waals surface area contributed by atoms with Crippen LogP contribution in [0.25, 0.3) is 0 Å². The zero-order chi connectivity index (χ0) is 13.7. The number of hydrogen-bond acceptors (Lipinski definition) is 4. The van der Waals surface area contributed by atoms with E-state index in [0.717, 1.165) is 18.7 Å². The minimum absolute atomic E-state index is 0.0802. The van der Waals surface area contributed by atoms with Gasteiger partial charge in [0, 0.05) is 38.9 Å². The lowest BCUT2D eigenvalue weighted by Crippen LogP contribution is -2.57. The van der Waals surface area contributed by atoms with E-state index < -0.39 is 0 Å². The smallest absolute Gasteiger partial charge is 0.238 e. The van der Waals surface area contributed by atoms with E-state index in [0.29, 0.717) is 24.8 Å². The molecule has 2 N–H and O–H groups in total. The molecule has 1 saturated heterocycles. The van der Waals surface area contributed by atoms with E-state index in [9.17, 15) is 4.79 Å². The van der Waals surface area contributed by atoms with E-state index in [1.54, 1.807) is 12.3 Å². The molecule has 6 heteroatoms. The number of nitrogens with zero attached hydrogens (tertiary/aromatic N) is 2. The standard InChI is InChI=1S/C13H19ClN4O/c1-2-16-13(19)11-8-15-5-6-18(11)9-10-3-4-12(14)17-7-10/h3-4,7,11,15H,2,5-6,8-9H2,1H3,(H,16,19). The van der Waals surface area contributed by atoms with Crippen LogP contribution in [0.1, 0.15) is 12.5 Å². The fourth-order valence-corrected chi connectivity index (χ4v) is 2.33. The first kappa shape index (κ1) is 14.2. The molecular formula is C13H19ClN4O. The lowest BCUT2D eigenvalue weighted by molar-refractivity contribution is -0.127. The molecule has 0 aliphatic carbocycles. The van der Waals surface area contributed by atoms with E-state index in [-0.39, 0.29) is 11.9 Å². The second-order valence-electron chi connectivity index (χ2n) is 4.57. The Hall–Kier alpha value is -1.17. The monoisotopic (exact) mass is 282 g/mol. The topological polar surface area (TPSA) is 57.3 Å². The number of carbonyl (C=O) groups is 1. The fraction of sp³-hybridized carbons (Fsp3) is 0.538. The van der Waals surface area contributed by atoms with Crippen LogP contribution in [0, 0.1) is 0 Å². The van der Waals surface area contributed by atoms with Crippen LogP contribution < -0.4 is 10.6 Å². The van der Waals surface area contributed by atoms with Gasteiger partial charge in [-0.15, -0.1) is 0 Å². The predicted molar refractivity (Wildman–Crippen MR) is 75.0 cm³/mol. The summed E-state index contributed by atoms with van der Waals surface area (Å²) in [6.45, 7) is 5.75. The summed E-state index contributed by atoms with van der Waals surface area (Å²) in [5, 5.41) is 6.63. The van der Waals surface area contributed by atoms with Gasteiger partial charge in [0.15, 0.2) is 0 Å². The number of aromatic nitrogens is 1. The summed E-state index contributed by atoms with van der Waals surface area (Å²) >= 11 is 5.78. The van der Waals surface area contributed by atoms with Crippen molar-refractivity contribution in [3.05, 3.63) is 29.0 Å². The molecule has 19 heavy (non-hydrogen) atoms. The fourth-order valence-electron chi connectivity index (χ4n) is 2.22. The highest BCUT2D eigenvalue weighted by atomic mass is 35.5. The zero-order valence-corrected chi connectivity index (χ0v) is 11.8. The molecule has 1 unspecified atom stereocenters. The number of rotatable bonds is 4. The third-order valence-corrected chi connectivity index (χ3v) is 3.41. The number of nitrogens with one attached hydrogen (secondary N) is 2. The van der Waals surface area contributed by atoms with E-state index in [4.69, 9.17) is 11.6 Å². The van der Waals surface area contributed by atoms with Crippen molar-refractivity contribution in [3.63, 3.8) is 0 Å². The molecule has 0 aromatic carbocycles. The van der Waals surface area contributed by atoms with Crippen molar-refractivity contribution >= 4 is 17.5 Å². The van der Waals surface area contributed by atoms with E-state index in [1.165, 1.54) is 0 Å². The Morgan fingerprint density at radius 3 is 3.16 bits per heavy atom. The van der Waals surface area contributed by atoms with Gasteiger partial charge in [-0.2, -0.15) is 0 Å². The summed E-state index contributed by atoms with van der Waals surface area (Å²) in [5.74, 6) is 0.0802. The minimum Gasteiger partial charge on any atom is -0.355 e. The molecule has 1 fully saturated rings. The average molecular weight is 283 g/mol. The molecule has 2 heterocycles. The quantitative estimate of drug-likeness (QED) is 0.796. The third-order valence-electron chi connectivity index (χ3n) is 3.18. The van der Waals surface area contributed by atoms with Gasteiger partial charge in [0.05, 0.1) is 0 Å². The normalized spacial score (nSPS) is 20.2. The Balaban J connectivity index is 2.03. The van der Waals surface area contributed by atoms with Crippen molar-refractivity contribution in [3.8, 4) is 0 Å².